The van der Waals surface area contributed by atoms with Crippen molar-refractivity contribution in [3.63, 3.8) is 0 Å². The summed E-state index contributed by atoms with van der Waals surface area (Å²) in [5.41, 5.74) is 19.0. The van der Waals surface area contributed by atoms with Crippen LogP contribution < -0.4 is 9.80 Å². The van der Waals surface area contributed by atoms with Crippen LogP contribution in [-0.4, -0.2) is 6.04 Å². The summed E-state index contributed by atoms with van der Waals surface area (Å²) in [6.07, 6.45) is 25.1. The lowest BCUT2D eigenvalue weighted by molar-refractivity contribution is 0.569. The van der Waals surface area contributed by atoms with E-state index in [0.29, 0.717) is 11.8 Å². The first-order valence-electron chi connectivity index (χ1n) is 28.3. The van der Waals surface area contributed by atoms with Crippen LogP contribution in [-0.2, 0) is 5.41 Å². The number of nitrogens with zero attached hydrogens (tertiary/aromatic N) is 2. The second kappa shape index (κ2) is 18.8. The molecule has 5 unspecified atom stereocenters. The summed E-state index contributed by atoms with van der Waals surface area (Å²) in [7, 11) is 0. The van der Waals surface area contributed by atoms with Crippen LogP contribution in [0, 0.1) is 11.8 Å². The molecule has 1 aliphatic heterocycles. The Morgan fingerprint density at radius 3 is 2.08 bits per heavy atom. The highest BCUT2D eigenvalue weighted by atomic mass is 32.2. The molecule has 2 aromatic heterocycles. The van der Waals surface area contributed by atoms with Gasteiger partial charge < -0.3 is 14.2 Å². The van der Waals surface area contributed by atoms with Crippen LogP contribution >= 0.6 is 23.1 Å². The Kier molecular flexibility index (Phi) is 11.1. The van der Waals surface area contributed by atoms with E-state index in [4.69, 9.17) is 4.42 Å². The zero-order valence-electron chi connectivity index (χ0n) is 44.6. The van der Waals surface area contributed by atoms with Crippen molar-refractivity contribution < 1.29 is 4.42 Å². The molecule has 0 radical (unpaired) electrons. The summed E-state index contributed by atoms with van der Waals surface area (Å²) in [4.78, 5) is 7.71. The summed E-state index contributed by atoms with van der Waals surface area (Å²) in [6.45, 7) is 4.83. The Morgan fingerprint density at radius 2 is 1.25 bits per heavy atom. The van der Waals surface area contributed by atoms with E-state index in [-0.39, 0.29) is 12.0 Å². The van der Waals surface area contributed by atoms with Crippen LogP contribution in [0.3, 0.4) is 0 Å². The van der Waals surface area contributed by atoms with Crippen molar-refractivity contribution in [1.29, 1.82) is 0 Å². The first-order valence-corrected chi connectivity index (χ1v) is 29.9. The minimum Gasteiger partial charge on any atom is -0.455 e. The van der Waals surface area contributed by atoms with Crippen molar-refractivity contribution in [2.24, 2.45) is 11.8 Å². The Bertz CT molecular complexity index is 4530. The Morgan fingerprint density at radius 1 is 0.525 bits per heavy atom. The van der Waals surface area contributed by atoms with Gasteiger partial charge in [-0.2, -0.15) is 0 Å². The maximum absolute atomic E-state index is 6.76. The van der Waals surface area contributed by atoms with E-state index in [1.165, 1.54) is 74.6 Å². The van der Waals surface area contributed by atoms with Crippen molar-refractivity contribution in [3.8, 4) is 11.1 Å². The molecule has 1 spiro atoms. The van der Waals surface area contributed by atoms with Crippen LogP contribution in [0.4, 0.5) is 28.4 Å². The largest absolute Gasteiger partial charge is 0.455 e. The fraction of sp³-hybridized carbons (Fsp3) is 0.120. The molecule has 0 amide bonds. The quantitative estimate of drug-likeness (QED) is 0.151. The van der Waals surface area contributed by atoms with Gasteiger partial charge >= 0.3 is 0 Å². The lowest BCUT2D eigenvalue weighted by atomic mass is 9.63. The van der Waals surface area contributed by atoms with Gasteiger partial charge in [-0.25, -0.2) is 0 Å². The van der Waals surface area contributed by atoms with Gasteiger partial charge in [0.05, 0.1) is 17.1 Å². The van der Waals surface area contributed by atoms with Gasteiger partial charge in [0.15, 0.2) is 0 Å². The van der Waals surface area contributed by atoms with E-state index in [1.807, 2.05) is 23.1 Å². The third kappa shape index (κ3) is 7.19. The fourth-order valence-corrected chi connectivity index (χ4v) is 16.7. The van der Waals surface area contributed by atoms with Crippen LogP contribution in [0.15, 0.2) is 275 Å². The van der Waals surface area contributed by atoms with E-state index >= 15 is 0 Å². The highest BCUT2D eigenvalue weighted by Gasteiger charge is 2.53. The van der Waals surface area contributed by atoms with E-state index in [9.17, 15) is 0 Å². The summed E-state index contributed by atoms with van der Waals surface area (Å²) in [5, 5.41) is 4.93. The topological polar surface area (TPSA) is 19.6 Å². The molecule has 4 aliphatic carbocycles. The maximum Gasteiger partial charge on any atom is 0.143 e. The van der Waals surface area contributed by atoms with Crippen LogP contribution in [0.1, 0.15) is 60.4 Å². The second-order valence-electron chi connectivity index (χ2n) is 22.2. The highest BCUT2D eigenvalue weighted by Crippen LogP contribution is 2.65. The average Bonchev–Trinajstić information content (AvgIpc) is 4.32. The van der Waals surface area contributed by atoms with Gasteiger partial charge in [0, 0.05) is 75.0 Å². The number of fused-ring (bicyclic) bond motifs is 14. The summed E-state index contributed by atoms with van der Waals surface area (Å²) >= 11 is 3.84. The third-order valence-corrected chi connectivity index (χ3v) is 20.0. The lowest BCUT2D eigenvalue weighted by Crippen LogP contribution is -2.36. The zero-order chi connectivity index (χ0) is 53.1. The van der Waals surface area contributed by atoms with Crippen molar-refractivity contribution in [3.05, 3.63) is 288 Å². The molecule has 5 heteroatoms. The first-order chi connectivity index (χ1) is 39.5. The predicted molar refractivity (Wildman–Crippen MR) is 339 cm³/mol. The number of hydrogen-bond acceptors (Lipinski definition) is 5. The summed E-state index contributed by atoms with van der Waals surface area (Å²) < 4.78 is 9.41. The number of para-hydroxylation sites is 2. The smallest absolute Gasteiger partial charge is 0.143 e. The van der Waals surface area contributed by atoms with Gasteiger partial charge in [-0.05, 0) is 142 Å². The number of furan rings is 1. The van der Waals surface area contributed by atoms with Gasteiger partial charge in [-0.1, -0.05) is 208 Å². The monoisotopic (exact) mass is 1060 g/mol. The molecule has 5 atom stereocenters. The number of rotatable bonds is 8. The molecule has 9 aromatic carbocycles. The van der Waals surface area contributed by atoms with Crippen LogP contribution in [0.5, 0.6) is 0 Å². The molecule has 11 aromatic rings. The predicted octanol–water partition coefficient (Wildman–Crippen LogP) is 21.1. The number of benzene rings is 9. The maximum atomic E-state index is 6.76. The van der Waals surface area contributed by atoms with Crippen molar-refractivity contribution in [2.45, 2.75) is 53.9 Å². The van der Waals surface area contributed by atoms with Gasteiger partial charge in [0.1, 0.15) is 11.2 Å². The summed E-state index contributed by atoms with van der Waals surface area (Å²) in [6, 6.07) is 73.1. The van der Waals surface area contributed by atoms with Crippen molar-refractivity contribution in [1.82, 2.24) is 0 Å². The standard InChI is InChI=1S/C75H56N2OS2/c1-47-21-12-13-29-55(47)71-65(41-42-68-72(71)59-32-16-19-36-67(59)79-68)77(51-27-10-5-11-28-51)53-38-40-64-70(46-53)80-69-45-52(37-39-63(69)75(64)62-34-17-14-30-56(62)58-33-20-22-48(2)73(58)75)76(50-25-8-4-9-26-50)54-43-60(49-23-6-3-7-24-49)74-61(44-54)57-31-15-18-35-66(57)78-74/h3-21,23-25,27-48,50,55H,22,26H2,1-2H3. The molecule has 80 heavy (non-hydrogen) atoms. The van der Waals surface area contributed by atoms with E-state index in [2.05, 4.69) is 279 Å². The number of hydrogen-bond donors (Lipinski definition) is 0. The lowest BCUT2D eigenvalue weighted by Gasteiger charge is -2.44. The molecule has 0 fully saturated rings. The normalized spacial score (nSPS) is 20.5. The molecule has 3 heterocycles. The third-order valence-electron chi connectivity index (χ3n) is 17.8. The molecule has 0 N–H and O–H groups in total. The summed E-state index contributed by atoms with van der Waals surface area (Å²) in [5.74, 6) is 0.815. The van der Waals surface area contributed by atoms with Gasteiger partial charge in [0.25, 0.3) is 0 Å². The van der Waals surface area contributed by atoms with Crippen LogP contribution in [0.25, 0.3) is 58.8 Å². The number of allylic oxidation sites excluding steroid dienone is 10. The van der Waals surface area contributed by atoms with Gasteiger partial charge in [-0.3, -0.25) is 0 Å². The molecular formula is C75H56N2OS2. The van der Waals surface area contributed by atoms with Crippen LogP contribution in [0.2, 0.25) is 0 Å². The van der Waals surface area contributed by atoms with E-state index in [1.54, 1.807) is 0 Å². The fourth-order valence-electron chi connectivity index (χ4n) is 14.3. The molecule has 384 valence electrons. The minimum atomic E-state index is -0.512. The Hall–Kier alpha value is -8.61. The number of thiophene rings is 1. The van der Waals surface area contributed by atoms with Crippen molar-refractivity contribution in [2.75, 3.05) is 9.80 Å². The zero-order valence-corrected chi connectivity index (χ0v) is 46.2. The molecular weight excluding hydrogens is 1010 g/mol. The van der Waals surface area contributed by atoms with E-state index in [0.717, 1.165) is 68.7 Å². The number of anilines is 5. The average molecular weight is 1070 g/mol. The van der Waals surface area contributed by atoms with Crippen molar-refractivity contribution >= 4 is 99.2 Å². The first kappa shape index (κ1) is 47.4. The second-order valence-corrected chi connectivity index (χ2v) is 24.4. The van der Waals surface area contributed by atoms with E-state index < -0.39 is 5.41 Å². The van der Waals surface area contributed by atoms with Gasteiger partial charge in [-0.15, -0.1) is 11.3 Å². The molecule has 0 saturated heterocycles. The molecule has 16 rings (SSSR count). The Balaban J connectivity index is 0.936. The minimum absolute atomic E-state index is 0.0762. The molecule has 3 nitrogen and oxygen atoms in total. The SMILES string of the molecule is CC1CC=CC2=C1C1(c3ccc(N(c4ccccc4)c4ccc5sc6ccccc6c5c4C4C=CC=CC4C)cc3Sc3cc(N(c4cc(-c5ccccc5)c5oc6ccccc6c5c4)C4C=CC=CC4)ccc31)c1ccccc12. The Labute approximate surface area is 475 Å². The molecule has 0 bridgehead atoms. The highest BCUT2D eigenvalue weighted by molar-refractivity contribution is 7.99. The van der Waals surface area contributed by atoms with Gasteiger partial charge in [0.2, 0.25) is 0 Å². The molecule has 5 aliphatic rings. The molecule has 0 saturated carbocycles.